The zero-order chi connectivity index (χ0) is 14.8. The highest BCUT2D eigenvalue weighted by molar-refractivity contribution is 7.99. The van der Waals surface area contributed by atoms with Gasteiger partial charge >= 0.3 is 0 Å². The molecule has 0 bridgehead atoms. The Balaban J connectivity index is 2.43. The van der Waals surface area contributed by atoms with Crippen molar-refractivity contribution in [3.05, 3.63) is 17.7 Å². The summed E-state index contributed by atoms with van der Waals surface area (Å²) in [7, 11) is 0. The van der Waals surface area contributed by atoms with Gasteiger partial charge < -0.3 is 5.11 Å². The number of benzene rings is 1. The maximum atomic E-state index is 10.3. The van der Waals surface area contributed by atoms with E-state index in [2.05, 4.69) is 25.3 Å². The predicted octanol–water partition coefficient (Wildman–Crippen LogP) is 6.13. The van der Waals surface area contributed by atoms with Gasteiger partial charge in [0.2, 0.25) is 0 Å². The molecule has 0 radical (unpaired) electrons. The van der Waals surface area contributed by atoms with Crippen LogP contribution in [-0.4, -0.2) is 17.6 Å². The Morgan fingerprint density at radius 2 is 1.55 bits per heavy atom. The minimum absolute atomic E-state index is 0.501. The van der Waals surface area contributed by atoms with Gasteiger partial charge in [0, 0.05) is 4.90 Å². The zero-order valence-corrected chi connectivity index (χ0v) is 14.7. The molecule has 0 heterocycles. The van der Waals surface area contributed by atoms with Crippen LogP contribution < -0.4 is 0 Å². The monoisotopic (exact) mass is 312 g/mol. The van der Waals surface area contributed by atoms with Crippen LogP contribution in [0.3, 0.4) is 0 Å². The van der Waals surface area contributed by atoms with Gasteiger partial charge in [-0.3, -0.25) is 0 Å². The van der Waals surface area contributed by atoms with Crippen LogP contribution in [0.2, 0.25) is 0 Å². The second-order valence-corrected chi connectivity index (χ2v) is 6.94. The number of thioether (sulfide) groups is 2. The van der Waals surface area contributed by atoms with Gasteiger partial charge in [-0.05, 0) is 43.0 Å². The summed E-state index contributed by atoms with van der Waals surface area (Å²) in [6, 6.07) is 4.23. The van der Waals surface area contributed by atoms with Gasteiger partial charge in [-0.1, -0.05) is 45.4 Å². The molecule has 1 aromatic carbocycles. The summed E-state index contributed by atoms with van der Waals surface area (Å²) in [5, 5.41) is 10.3. The smallest absolute Gasteiger partial charge is 0.132 e. The van der Waals surface area contributed by atoms with Crippen LogP contribution in [0.1, 0.15) is 57.4 Å². The van der Waals surface area contributed by atoms with Crippen molar-refractivity contribution in [2.75, 3.05) is 12.5 Å². The lowest BCUT2D eigenvalue weighted by atomic mass is 10.0. The molecule has 0 aliphatic heterocycles. The standard InChI is InChI=1S/C17H28OS2/c1-4-5-6-7-8-9-10-11-14-12-15(19-2)13-16(20-3)17(14)18/h12-13,18H,4-11H2,1-3H3. The third-order valence-electron chi connectivity index (χ3n) is 3.63. The molecule has 0 saturated heterocycles. The van der Waals surface area contributed by atoms with Gasteiger partial charge in [0.15, 0.2) is 0 Å². The fraction of sp³-hybridized carbons (Fsp3) is 0.647. The second-order valence-electron chi connectivity index (χ2n) is 5.21. The number of unbranched alkanes of at least 4 members (excludes halogenated alkanes) is 6. The number of aryl methyl sites for hydroxylation is 1. The van der Waals surface area contributed by atoms with Crippen molar-refractivity contribution in [1.82, 2.24) is 0 Å². The Labute approximate surface area is 132 Å². The van der Waals surface area contributed by atoms with Crippen molar-refractivity contribution in [3.63, 3.8) is 0 Å². The van der Waals surface area contributed by atoms with Gasteiger partial charge in [-0.2, -0.15) is 0 Å². The fourth-order valence-corrected chi connectivity index (χ4v) is 3.51. The number of hydrogen-bond acceptors (Lipinski definition) is 3. The van der Waals surface area contributed by atoms with Crippen LogP contribution in [0.25, 0.3) is 0 Å². The summed E-state index contributed by atoms with van der Waals surface area (Å²) in [4.78, 5) is 2.26. The summed E-state index contributed by atoms with van der Waals surface area (Å²) in [5.74, 6) is 0.501. The van der Waals surface area contributed by atoms with Gasteiger partial charge in [-0.15, -0.1) is 23.5 Å². The average molecular weight is 313 g/mol. The molecular formula is C17H28OS2. The molecule has 0 aliphatic rings. The van der Waals surface area contributed by atoms with E-state index in [0.717, 1.165) is 16.9 Å². The number of phenolic OH excluding ortho intramolecular Hbond substituents is 1. The van der Waals surface area contributed by atoms with E-state index >= 15 is 0 Å². The van der Waals surface area contributed by atoms with E-state index < -0.39 is 0 Å². The molecule has 0 unspecified atom stereocenters. The van der Waals surface area contributed by atoms with Crippen LogP contribution in [0, 0.1) is 0 Å². The molecule has 1 aromatic rings. The van der Waals surface area contributed by atoms with Crippen molar-refractivity contribution in [2.45, 2.75) is 68.1 Å². The Bertz CT molecular complexity index is 391. The molecule has 1 rings (SSSR count). The SMILES string of the molecule is CCCCCCCCCc1cc(SC)cc(SC)c1O. The van der Waals surface area contributed by atoms with E-state index in [9.17, 15) is 5.11 Å². The molecule has 1 N–H and O–H groups in total. The van der Waals surface area contributed by atoms with Crippen LogP contribution in [0.5, 0.6) is 5.75 Å². The van der Waals surface area contributed by atoms with Crippen molar-refractivity contribution < 1.29 is 5.11 Å². The molecule has 0 spiro atoms. The molecule has 0 fully saturated rings. The Hall–Kier alpha value is -0.280. The first kappa shape index (κ1) is 17.8. The molecule has 114 valence electrons. The fourth-order valence-electron chi connectivity index (χ4n) is 2.37. The highest BCUT2D eigenvalue weighted by atomic mass is 32.2. The first-order valence-corrected chi connectivity index (χ1v) is 10.1. The Kier molecular flexibility index (Phi) is 9.28. The lowest BCUT2D eigenvalue weighted by molar-refractivity contribution is 0.452. The van der Waals surface area contributed by atoms with Crippen LogP contribution in [0.15, 0.2) is 21.9 Å². The quantitative estimate of drug-likeness (QED) is 0.414. The number of phenols is 1. The lowest BCUT2D eigenvalue weighted by Crippen LogP contribution is -1.90. The third-order valence-corrected chi connectivity index (χ3v) is 5.09. The van der Waals surface area contributed by atoms with Crippen molar-refractivity contribution in [3.8, 4) is 5.75 Å². The maximum Gasteiger partial charge on any atom is 0.132 e. The minimum atomic E-state index is 0.501. The van der Waals surface area contributed by atoms with Crippen LogP contribution in [0.4, 0.5) is 0 Å². The van der Waals surface area contributed by atoms with Gasteiger partial charge in [0.05, 0.1) is 4.90 Å². The van der Waals surface area contributed by atoms with Crippen molar-refractivity contribution >= 4 is 23.5 Å². The van der Waals surface area contributed by atoms with Crippen molar-refractivity contribution in [1.29, 1.82) is 0 Å². The third kappa shape index (κ3) is 6.01. The van der Waals surface area contributed by atoms with Gasteiger partial charge in [-0.25, -0.2) is 0 Å². The number of rotatable bonds is 10. The largest absolute Gasteiger partial charge is 0.506 e. The highest BCUT2D eigenvalue weighted by Crippen LogP contribution is 2.35. The molecule has 0 saturated carbocycles. The van der Waals surface area contributed by atoms with Crippen LogP contribution in [-0.2, 0) is 6.42 Å². The number of aromatic hydroxyl groups is 1. The van der Waals surface area contributed by atoms with E-state index in [4.69, 9.17) is 0 Å². The van der Waals surface area contributed by atoms with E-state index in [1.54, 1.807) is 23.5 Å². The summed E-state index contributed by atoms with van der Waals surface area (Å²) < 4.78 is 0. The first-order valence-electron chi connectivity index (χ1n) is 7.66. The maximum absolute atomic E-state index is 10.3. The summed E-state index contributed by atoms with van der Waals surface area (Å²) >= 11 is 3.38. The zero-order valence-electron chi connectivity index (χ0n) is 13.1. The Morgan fingerprint density at radius 1 is 0.900 bits per heavy atom. The molecular weight excluding hydrogens is 284 g/mol. The van der Waals surface area contributed by atoms with E-state index in [-0.39, 0.29) is 0 Å². The normalized spacial score (nSPS) is 10.9. The summed E-state index contributed by atoms with van der Waals surface area (Å²) in [6.07, 6.45) is 14.3. The molecule has 0 amide bonds. The van der Waals surface area contributed by atoms with Crippen LogP contribution >= 0.6 is 23.5 Å². The topological polar surface area (TPSA) is 20.2 Å². The molecule has 0 atom stereocenters. The van der Waals surface area contributed by atoms with E-state index in [1.807, 2.05) is 6.26 Å². The average Bonchev–Trinajstić information content (AvgIpc) is 2.47. The minimum Gasteiger partial charge on any atom is -0.506 e. The lowest BCUT2D eigenvalue weighted by Gasteiger charge is -2.11. The Morgan fingerprint density at radius 3 is 2.15 bits per heavy atom. The number of hydrogen-bond donors (Lipinski definition) is 1. The predicted molar refractivity (Wildman–Crippen MR) is 93.4 cm³/mol. The van der Waals surface area contributed by atoms with Gasteiger partial charge in [0.25, 0.3) is 0 Å². The van der Waals surface area contributed by atoms with E-state index in [1.165, 1.54) is 49.8 Å². The highest BCUT2D eigenvalue weighted by Gasteiger charge is 2.09. The second kappa shape index (κ2) is 10.4. The summed E-state index contributed by atoms with van der Waals surface area (Å²) in [6.45, 7) is 2.25. The molecule has 0 aromatic heterocycles. The molecule has 20 heavy (non-hydrogen) atoms. The molecule has 3 heteroatoms. The van der Waals surface area contributed by atoms with Crippen molar-refractivity contribution in [2.24, 2.45) is 0 Å². The summed E-state index contributed by atoms with van der Waals surface area (Å²) in [5.41, 5.74) is 1.12. The van der Waals surface area contributed by atoms with E-state index in [0.29, 0.717) is 5.75 Å². The molecule has 1 nitrogen and oxygen atoms in total. The van der Waals surface area contributed by atoms with Gasteiger partial charge in [0.1, 0.15) is 5.75 Å². The first-order chi connectivity index (χ1) is 9.72. The molecule has 0 aliphatic carbocycles.